The fraction of sp³-hybridized carbons (Fsp3) is 0.263. The van der Waals surface area contributed by atoms with E-state index in [-0.39, 0.29) is 5.91 Å². The van der Waals surface area contributed by atoms with E-state index in [0.29, 0.717) is 29.9 Å². The van der Waals surface area contributed by atoms with Crippen LogP contribution in [0.25, 0.3) is 10.8 Å². The second-order valence-electron chi connectivity index (χ2n) is 6.20. The van der Waals surface area contributed by atoms with E-state index in [1.165, 1.54) is 0 Å². The second-order valence-corrected chi connectivity index (χ2v) is 8.06. The van der Waals surface area contributed by atoms with Gasteiger partial charge in [-0.3, -0.25) is 4.79 Å². The first kappa shape index (κ1) is 16.5. The van der Waals surface area contributed by atoms with Crippen LogP contribution < -0.4 is 0 Å². The number of rotatable bonds is 5. The number of nitrogens with zero attached hydrogens (tertiary/aromatic N) is 2. The zero-order valence-corrected chi connectivity index (χ0v) is 16.1. The molecule has 6 heteroatoms. The zero-order chi connectivity index (χ0) is 17.4. The fourth-order valence-electron chi connectivity index (χ4n) is 2.82. The molecule has 0 saturated heterocycles. The van der Waals surface area contributed by atoms with Gasteiger partial charge < -0.3 is 9.32 Å². The maximum absolute atomic E-state index is 13.1. The molecule has 25 heavy (non-hydrogen) atoms. The number of thiophene rings is 1. The van der Waals surface area contributed by atoms with Crippen LogP contribution in [0, 0.1) is 6.92 Å². The van der Waals surface area contributed by atoms with Crippen LogP contribution in [0.4, 0.5) is 0 Å². The van der Waals surface area contributed by atoms with Crippen molar-refractivity contribution in [3.8, 4) is 10.8 Å². The summed E-state index contributed by atoms with van der Waals surface area (Å²) in [7, 11) is 0. The van der Waals surface area contributed by atoms with E-state index < -0.39 is 0 Å². The molecule has 1 amide bonds. The van der Waals surface area contributed by atoms with Gasteiger partial charge in [-0.2, -0.15) is 0 Å². The van der Waals surface area contributed by atoms with Crippen molar-refractivity contribution in [2.75, 3.05) is 0 Å². The van der Waals surface area contributed by atoms with Crippen LogP contribution in [0.2, 0.25) is 0 Å². The predicted molar refractivity (Wildman–Crippen MR) is 102 cm³/mol. The molecule has 2 heterocycles. The number of carbonyl (C=O) groups is 1. The highest BCUT2D eigenvalue weighted by molar-refractivity contribution is 9.10. The van der Waals surface area contributed by atoms with E-state index in [9.17, 15) is 4.79 Å². The zero-order valence-electron chi connectivity index (χ0n) is 13.7. The van der Waals surface area contributed by atoms with Crippen molar-refractivity contribution in [3.05, 3.63) is 63.3 Å². The number of amides is 1. The summed E-state index contributed by atoms with van der Waals surface area (Å²) in [5.41, 5.74) is 1.53. The number of oxazole rings is 1. The average Bonchev–Trinajstić information content (AvgIpc) is 3.13. The number of carbonyl (C=O) groups excluding carboxylic acids is 1. The molecule has 2 aromatic heterocycles. The summed E-state index contributed by atoms with van der Waals surface area (Å²) >= 11 is 5.05. The normalized spacial score (nSPS) is 13.8. The minimum absolute atomic E-state index is 0.0495. The summed E-state index contributed by atoms with van der Waals surface area (Å²) in [6, 6.07) is 12.3. The summed E-state index contributed by atoms with van der Waals surface area (Å²) in [6.45, 7) is 2.39. The van der Waals surface area contributed by atoms with Crippen LogP contribution in [0.5, 0.6) is 0 Å². The van der Waals surface area contributed by atoms with E-state index in [2.05, 4.69) is 27.0 Å². The Kier molecular flexibility index (Phi) is 4.48. The Morgan fingerprint density at radius 3 is 2.88 bits per heavy atom. The van der Waals surface area contributed by atoms with Crippen LogP contribution in [0.1, 0.15) is 34.7 Å². The molecule has 1 aliphatic rings. The molecule has 0 atom stereocenters. The topological polar surface area (TPSA) is 46.3 Å². The van der Waals surface area contributed by atoms with Gasteiger partial charge in [-0.1, -0.05) is 34.1 Å². The van der Waals surface area contributed by atoms with Crippen molar-refractivity contribution in [3.63, 3.8) is 0 Å². The third kappa shape index (κ3) is 3.55. The van der Waals surface area contributed by atoms with Gasteiger partial charge in [0.05, 0.1) is 4.88 Å². The SMILES string of the molecule is Cc1oc(-c2cccs2)nc1C(=O)N(Cc1cccc(Br)c1)C1CC1. The lowest BCUT2D eigenvalue weighted by atomic mass is 10.2. The van der Waals surface area contributed by atoms with E-state index in [4.69, 9.17) is 4.42 Å². The summed E-state index contributed by atoms with van der Waals surface area (Å²) < 4.78 is 6.76. The highest BCUT2D eigenvalue weighted by Crippen LogP contribution is 2.32. The van der Waals surface area contributed by atoms with Crippen molar-refractivity contribution in [2.45, 2.75) is 32.4 Å². The van der Waals surface area contributed by atoms with Crippen molar-refractivity contribution in [2.24, 2.45) is 0 Å². The lowest BCUT2D eigenvalue weighted by Gasteiger charge is -2.21. The maximum atomic E-state index is 13.1. The highest BCUT2D eigenvalue weighted by Gasteiger charge is 2.35. The van der Waals surface area contributed by atoms with Crippen LogP contribution in [-0.4, -0.2) is 21.8 Å². The van der Waals surface area contributed by atoms with Crippen LogP contribution in [0.3, 0.4) is 0 Å². The molecule has 0 spiro atoms. The van der Waals surface area contributed by atoms with Gasteiger partial charge in [-0.15, -0.1) is 11.3 Å². The molecular formula is C19H17BrN2O2S. The van der Waals surface area contributed by atoms with E-state index in [1.54, 1.807) is 11.3 Å². The Bertz CT molecular complexity index is 900. The quantitative estimate of drug-likeness (QED) is 0.568. The first-order valence-electron chi connectivity index (χ1n) is 8.18. The third-order valence-corrected chi connectivity index (χ3v) is 5.57. The predicted octanol–water partition coefficient (Wildman–Crippen LogP) is 5.28. The monoisotopic (exact) mass is 416 g/mol. The van der Waals surface area contributed by atoms with E-state index in [0.717, 1.165) is 27.8 Å². The molecule has 0 radical (unpaired) electrons. The van der Waals surface area contributed by atoms with Gasteiger partial charge in [-0.05, 0) is 48.9 Å². The third-order valence-electron chi connectivity index (χ3n) is 4.22. The van der Waals surface area contributed by atoms with Crippen molar-refractivity contribution >= 4 is 33.2 Å². The van der Waals surface area contributed by atoms with Crippen molar-refractivity contribution in [1.82, 2.24) is 9.88 Å². The highest BCUT2D eigenvalue weighted by atomic mass is 79.9. The molecule has 4 nitrogen and oxygen atoms in total. The molecule has 1 fully saturated rings. The maximum Gasteiger partial charge on any atom is 0.276 e. The average molecular weight is 417 g/mol. The molecule has 1 aliphatic carbocycles. The Labute approximate surface area is 158 Å². The van der Waals surface area contributed by atoms with Gasteiger partial charge in [0.25, 0.3) is 5.91 Å². The van der Waals surface area contributed by atoms with Crippen molar-refractivity contribution < 1.29 is 9.21 Å². The molecular weight excluding hydrogens is 400 g/mol. The number of hydrogen-bond donors (Lipinski definition) is 0. The van der Waals surface area contributed by atoms with Crippen LogP contribution in [0.15, 0.2) is 50.7 Å². The minimum Gasteiger partial charge on any atom is -0.440 e. The number of benzene rings is 1. The van der Waals surface area contributed by atoms with Gasteiger partial charge in [0.2, 0.25) is 5.89 Å². The lowest BCUT2D eigenvalue weighted by molar-refractivity contribution is 0.0723. The minimum atomic E-state index is -0.0495. The summed E-state index contributed by atoms with van der Waals surface area (Å²) in [5, 5.41) is 1.97. The second kappa shape index (κ2) is 6.77. The fourth-order valence-corrected chi connectivity index (χ4v) is 3.92. The number of aryl methyl sites for hydroxylation is 1. The Morgan fingerprint density at radius 1 is 1.36 bits per heavy atom. The van der Waals surface area contributed by atoms with Gasteiger partial charge in [0.1, 0.15) is 5.76 Å². The number of hydrogen-bond acceptors (Lipinski definition) is 4. The first-order chi connectivity index (χ1) is 12.1. The lowest BCUT2D eigenvalue weighted by Crippen LogP contribution is -2.33. The smallest absolute Gasteiger partial charge is 0.276 e. The molecule has 0 aliphatic heterocycles. The summed E-state index contributed by atoms with van der Waals surface area (Å²) in [5.74, 6) is 1.05. The van der Waals surface area contributed by atoms with Gasteiger partial charge in [0.15, 0.2) is 5.69 Å². The van der Waals surface area contributed by atoms with Gasteiger partial charge in [0, 0.05) is 17.1 Å². The summed E-state index contributed by atoms with van der Waals surface area (Å²) in [4.78, 5) is 20.5. The molecule has 0 bridgehead atoms. The van der Waals surface area contributed by atoms with Gasteiger partial charge in [-0.25, -0.2) is 4.98 Å². The molecule has 1 aromatic carbocycles. The van der Waals surface area contributed by atoms with Crippen molar-refractivity contribution in [1.29, 1.82) is 0 Å². The molecule has 128 valence electrons. The van der Waals surface area contributed by atoms with Crippen LogP contribution >= 0.6 is 27.3 Å². The Morgan fingerprint density at radius 2 is 2.20 bits per heavy atom. The molecule has 4 rings (SSSR count). The van der Waals surface area contributed by atoms with Crippen LogP contribution in [-0.2, 0) is 6.54 Å². The number of aromatic nitrogens is 1. The standard InChI is InChI=1S/C19H17BrN2O2S/c1-12-17(21-18(24-12)16-6-3-9-25-16)19(23)22(15-7-8-15)11-13-4-2-5-14(20)10-13/h2-6,9-10,15H,7-8,11H2,1H3. The molecule has 0 N–H and O–H groups in total. The number of halogens is 1. The summed E-state index contributed by atoms with van der Waals surface area (Å²) in [6.07, 6.45) is 2.10. The first-order valence-corrected chi connectivity index (χ1v) is 9.86. The Balaban J connectivity index is 1.61. The van der Waals surface area contributed by atoms with Gasteiger partial charge >= 0.3 is 0 Å². The van der Waals surface area contributed by atoms with E-state index in [1.807, 2.05) is 47.5 Å². The molecule has 0 unspecified atom stereocenters. The molecule has 1 saturated carbocycles. The molecule has 3 aromatic rings. The largest absolute Gasteiger partial charge is 0.440 e. The Hall–Kier alpha value is -1.92. The van der Waals surface area contributed by atoms with E-state index >= 15 is 0 Å².